The van der Waals surface area contributed by atoms with Gasteiger partial charge < -0.3 is 10.2 Å². The summed E-state index contributed by atoms with van der Waals surface area (Å²) >= 11 is 0. The number of aryl methyl sites for hydroxylation is 1. The van der Waals surface area contributed by atoms with Crippen LogP contribution < -0.4 is 5.32 Å². The van der Waals surface area contributed by atoms with Crippen LogP contribution in [0.2, 0.25) is 0 Å². The fraction of sp³-hybridized carbons (Fsp3) is 0.786. The molecule has 0 spiro atoms. The summed E-state index contributed by atoms with van der Waals surface area (Å²) in [7, 11) is 4.21. The Morgan fingerprint density at radius 3 is 2.74 bits per heavy atom. The number of nitrogens with one attached hydrogen (secondary N) is 1. The summed E-state index contributed by atoms with van der Waals surface area (Å²) in [6.45, 7) is 5.99. The maximum absolute atomic E-state index is 4.27. The highest BCUT2D eigenvalue weighted by molar-refractivity contribution is 5.09. The van der Waals surface area contributed by atoms with Crippen LogP contribution >= 0.6 is 0 Å². The molecule has 5 nitrogen and oxygen atoms in total. The van der Waals surface area contributed by atoms with Crippen molar-refractivity contribution in [1.82, 2.24) is 24.9 Å². The predicted molar refractivity (Wildman–Crippen MR) is 76.2 cm³/mol. The van der Waals surface area contributed by atoms with E-state index in [0.29, 0.717) is 12.1 Å². The zero-order chi connectivity index (χ0) is 13.2. The van der Waals surface area contributed by atoms with E-state index in [4.69, 9.17) is 0 Å². The van der Waals surface area contributed by atoms with Gasteiger partial charge in [0.1, 0.15) is 0 Å². The molecular weight excluding hydrogens is 238 g/mol. The molecule has 0 aromatic carbocycles. The Labute approximate surface area is 115 Å². The molecular formula is C14H25N5. The quantitative estimate of drug-likeness (QED) is 0.829. The second kappa shape index (κ2) is 5.61. The number of piperazine rings is 1. The van der Waals surface area contributed by atoms with Gasteiger partial charge in [0, 0.05) is 51.5 Å². The monoisotopic (exact) mass is 263 g/mol. The van der Waals surface area contributed by atoms with E-state index in [1.807, 2.05) is 17.9 Å². The lowest BCUT2D eigenvalue weighted by atomic mass is 10.0. The van der Waals surface area contributed by atoms with Gasteiger partial charge in [-0.1, -0.05) is 0 Å². The SMILES string of the molecule is CN1CCN([C@@H]2CCN[C@H]2Cc2cnn(C)c2)CC1. The van der Waals surface area contributed by atoms with Crippen molar-refractivity contribution in [1.29, 1.82) is 0 Å². The van der Waals surface area contributed by atoms with Crippen molar-refractivity contribution in [2.24, 2.45) is 7.05 Å². The zero-order valence-corrected chi connectivity index (χ0v) is 12.0. The lowest BCUT2D eigenvalue weighted by Crippen LogP contribution is -2.53. The Balaban J connectivity index is 1.61. The molecule has 3 rings (SSSR count). The molecule has 2 fully saturated rings. The van der Waals surface area contributed by atoms with Gasteiger partial charge in [-0.25, -0.2) is 0 Å². The van der Waals surface area contributed by atoms with Crippen LogP contribution in [0.5, 0.6) is 0 Å². The topological polar surface area (TPSA) is 36.3 Å². The number of nitrogens with zero attached hydrogens (tertiary/aromatic N) is 4. The van der Waals surface area contributed by atoms with Crippen LogP contribution in [-0.2, 0) is 13.5 Å². The lowest BCUT2D eigenvalue weighted by Gasteiger charge is -2.38. The van der Waals surface area contributed by atoms with Gasteiger partial charge in [0.2, 0.25) is 0 Å². The summed E-state index contributed by atoms with van der Waals surface area (Å²) in [6, 6.07) is 1.29. The minimum absolute atomic E-state index is 0.590. The van der Waals surface area contributed by atoms with E-state index in [1.54, 1.807) is 0 Å². The Bertz CT molecular complexity index is 408. The minimum Gasteiger partial charge on any atom is -0.312 e. The number of likely N-dealkylation sites (N-methyl/N-ethyl adjacent to an activating group) is 1. The third-order valence-corrected chi connectivity index (χ3v) is 4.53. The fourth-order valence-electron chi connectivity index (χ4n) is 3.38. The normalized spacial score (nSPS) is 30.0. The maximum Gasteiger partial charge on any atom is 0.0522 e. The van der Waals surface area contributed by atoms with Gasteiger partial charge in [0.05, 0.1) is 6.20 Å². The zero-order valence-electron chi connectivity index (χ0n) is 12.0. The Kier molecular flexibility index (Phi) is 3.86. The third kappa shape index (κ3) is 2.99. The van der Waals surface area contributed by atoms with Gasteiger partial charge in [0.25, 0.3) is 0 Å². The molecule has 0 radical (unpaired) electrons. The van der Waals surface area contributed by atoms with Crippen LogP contribution in [0.3, 0.4) is 0 Å². The van der Waals surface area contributed by atoms with Crippen LogP contribution in [0.25, 0.3) is 0 Å². The second-order valence-corrected chi connectivity index (χ2v) is 5.98. The Morgan fingerprint density at radius 2 is 2.05 bits per heavy atom. The van der Waals surface area contributed by atoms with Crippen molar-refractivity contribution < 1.29 is 0 Å². The third-order valence-electron chi connectivity index (χ3n) is 4.53. The van der Waals surface area contributed by atoms with Gasteiger partial charge in [-0.15, -0.1) is 0 Å². The lowest BCUT2D eigenvalue weighted by molar-refractivity contribution is 0.104. The molecule has 2 atom stereocenters. The van der Waals surface area contributed by atoms with E-state index in [-0.39, 0.29) is 0 Å². The van der Waals surface area contributed by atoms with E-state index in [9.17, 15) is 0 Å². The molecule has 5 heteroatoms. The van der Waals surface area contributed by atoms with E-state index in [0.717, 1.165) is 13.0 Å². The molecule has 2 aliphatic heterocycles. The highest BCUT2D eigenvalue weighted by atomic mass is 15.3. The van der Waals surface area contributed by atoms with Crippen LogP contribution in [0.4, 0.5) is 0 Å². The summed E-state index contributed by atoms with van der Waals surface area (Å²) in [5.74, 6) is 0. The summed E-state index contributed by atoms with van der Waals surface area (Å²) in [5.41, 5.74) is 1.35. The van der Waals surface area contributed by atoms with Gasteiger partial charge >= 0.3 is 0 Å². The first-order valence-electron chi connectivity index (χ1n) is 7.36. The van der Waals surface area contributed by atoms with E-state index < -0.39 is 0 Å². The van der Waals surface area contributed by atoms with Crippen molar-refractivity contribution in [2.75, 3.05) is 39.8 Å². The molecule has 19 heavy (non-hydrogen) atoms. The first-order chi connectivity index (χ1) is 9.22. The van der Waals surface area contributed by atoms with Crippen LogP contribution in [-0.4, -0.2) is 71.4 Å². The molecule has 0 unspecified atom stereocenters. The molecule has 0 amide bonds. The standard InChI is InChI=1S/C14H25N5/c1-17-5-7-19(8-6-17)14-3-4-15-13(14)9-12-10-16-18(2)11-12/h10-11,13-15H,3-9H2,1-2H3/t13-,14+/m0/s1. The average molecular weight is 263 g/mol. The molecule has 2 saturated heterocycles. The predicted octanol–water partition coefficient (Wildman–Crippen LogP) is -0.0595. The van der Waals surface area contributed by atoms with Gasteiger partial charge in [-0.3, -0.25) is 9.58 Å². The number of hydrogen-bond acceptors (Lipinski definition) is 4. The molecule has 0 bridgehead atoms. The molecule has 1 N–H and O–H groups in total. The van der Waals surface area contributed by atoms with Crippen molar-refractivity contribution >= 4 is 0 Å². The first kappa shape index (κ1) is 13.1. The summed E-state index contributed by atoms with van der Waals surface area (Å²) < 4.78 is 1.90. The largest absolute Gasteiger partial charge is 0.312 e. The Hall–Kier alpha value is -0.910. The molecule has 1 aromatic rings. The van der Waals surface area contributed by atoms with E-state index in [2.05, 4.69) is 33.5 Å². The summed E-state index contributed by atoms with van der Waals surface area (Å²) in [6.07, 6.45) is 6.53. The van der Waals surface area contributed by atoms with Gasteiger partial charge in [0.15, 0.2) is 0 Å². The van der Waals surface area contributed by atoms with Crippen LogP contribution in [0.1, 0.15) is 12.0 Å². The van der Waals surface area contributed by atoms with E-state index in [1.165, 1.54) is 38.2 Å². The summed E-state index contributed by atoms with van der Waals surface area (Å²) in [4.78, 5) is 5.11. The number of rotatable bonds is 3. The molecule has 106 valence electrons. The first-order valence-corrected chi connectivity index (χ1v) is 7.36. The van der Waals surface area contributed by atoms with Gasteiger partial charge in [-0.05, 0) is 32.0 Å². The Morgan fingerprint density at radius 1 is 1.26 bits per heavy atom. The fourth-order valence-corrected chi connectivity index (χ4v) is 3.38. The number of hydrogen-bond donors (Lipinski definition) is 1. The molecule has 0 aliphatic carbocycles. The van der Waals surface area contributed by atoms with Crippen LogP contribution in [0, 0.1) is 0 Å². The molecule has 0 saturated carbocycles. The smallest absolute Gasteiger partial charge is 0.0522 e. The highest BCUT2D eigenvalue weighted by Gasteiger charge is 2.33. The number of aromatic nitrogens is 2. The highest BCUT2D eigenvalue weighted by Crippen LogP contribution is 2.19. The van der Waals surface area contributed by atoms with Crippen molar-refractivity contribution in [3.05, 3.63) is 18.0 Å². The van der Waals surface area contributed by atoms with E-state index >= 15 is 0 Å². The molecule has 2 aliphatic rings. The molecule has 1 aromatic heterocycles. The van der Waals surface area contributed by atoms with Crippen LogP contribution in [0.15, 0.2) is 12.4 Å². The minimum atomic E-state index is 0.590. The van der Waals surface area contributed by atoms with Crippen molar-refractivity contribution in [2.45, 2.75) is 24.9 Å². The van der Waals surface area contributed by atoms with Gasteiger partial charge in [-0.2, -0.15) is 5.10 Å². The summed E-state index contributed by atoms with van der Waals surface area (Å²) in [5, 5.41) is 7.96. The molecule has 3 heterocycles. The van der Waals surface area contributed by atoms with Crippen molar-refractivity contribution in [3.8, 4) is 0 Å². The average Bonchev–Trinajstić information content (AvgIpc) is 3.00. The van der Waals surface area contributed by atoms with Crippen molar-refractivity contribution in [3.63, 3.8) is 0 Å². The second-order valence-electron chi connectivity index (χ2n) is 5.98. The maximum atomic E-state index is 4.27.